The molecule has 0 heterocycles. The van der Waals surface area contributed by atoms with Crippen LogP contribution < -0.4 is 0 Å². The van der Waals surface area contributed by atoms with Crippen molar-refractivity contribution < 1.29 is 14.7 Å². The molecule has 1 N–H and O–H groups in total. The van der Waals surface area contributed by atoms with Gasteiger partial charge in [0.2, 0.25) is 0 Å². The van der Waals surface area contributed by atoms with Crippen LogP contribution in [0.3, 0.4) is 0 Å². The van der Waals surface area contributed by atoms with Crippen molar-refractivity contribution in [2.45, 2.75) is 23.9 Å². The lowest BCUT2D eigenvalue weighted by atomic mass is 9.52. The molecule has 5 atom stereocenters. The first-order chi connectivity index (χ1) is 20.1. The van der Waals surface area contributed by atoms with Gasteiger partial charge in [-0.1, -0.05) is 152 Å². The molecule has 1 saturated carbocycles. The average Bonchev–Trinajstić information content (AvgIpc) is 3.05. The number of rotatable bonds is 7. The molecule has 5 aromatic carbocycles. The first-order valence-corrected chi connectivity index (χ1v) is 14.1. The van der Waals surface area contributed by atoms with Crippen LogP contribution in [-0.4, -0.2) is 16.7 Å². The van der Waals surface area contributed by atoms with Gasteiger partial charge in [-0.2, -0.15) is 0 Å². The van der Waals surface area contributed by atoms with Crippen LogP contribution in [0.5, 0.6) is 0 Å². The van der Waals surface area contributed by atoms with Gasteiger partial charge >= 0.3 is 0 Å². The summed E-state index contributed by atoms with van der Waals surface area (Å²) in [7, 11) is 0. The van der Waals surface area contributed by atoms with Crippen molar-refractivity contribution in [2.75, 3.05) is 0 Å². The van der Waals surface area contributed by atoms with Gasteiger partial charge in [0.25, 0.3) is 0 Å². The van der Waals surface area contributed by atoms with Crippen LogP contribution in [0.25, 0.3) is 0 Å². The van der Waals surface area contributed by atoms with Crippen LogP contribution in [-0.2, 0) is 5.60 Å². The van der Waals surface area contributed by atoms with Gasteiger partial charge < -0.3 is 5.11 Å². The van der Waals surface area contributed by atoms with Crippen molar-refractivity contribution in [3.05, 3.63) is 179 Å². The third-order valence-corrected chi connectivity index (χ3v) is 8.61. The molecule has 0 saturated heterocycles. The lowest BCUT2D eigenvalue weighted by Crippen LogP contribution is -2.53. The minimum Gasteiger partial charge on any atom is -0.384 e. The first-order valence-electron chi connectivity index (χ1n) is 14.1. The molecule has 0 amide bonds. The molecule has 0 unspecified atom stereocenters. The fourth-order valence-corrected chi connectivity index (χ4v) is 6.77. The Bertz CT molecular complexity index is 1600. The summed E-state index contributed by atoms with van der Waals surface area (Å²) in [4.78, 5) is 29.3. The van der Waals surface area contributed by atoms with E-state index in [-0.39, 0.29) is 23.9 Å². The predicted molar refractivity (Wildman–Crippen MR) is 162 cm³/mol. The Morgan fingerprint density at radius 3 is 1.46 bits per heavy atom. The van der Waals surface area contributed by atoms with Crippen molar-refractivity contribution in [1.29, 1.82) is 0 Å². The lowest BCUT2D eigenvalue weighted by molar-refractivity contribution is -0.0690. The van der Waals surface area contributed by atoms with Crippen molar-refractivity contribution in [3.8, 4) is 0 Å². The van der Waals surface area contributed by atoms with E-state index in [1.54, 1.807) is 12.1 Å². The van der Waals surface area contributed by atoms with E-state index in [0.717, 1.165) is 11.1 Å². The van der Waals surface area contributed by atoms with E-state index in [4.69, 9.17) is 0 Å². The molecule has 202 valence electrons. The normalized spacial score (nSPS) is 23.9. The van der Waals surface area contributed by atoms with E-state index >= 15 is 0 Å². The highest BCUT2D eigenvalue weighted by Crippen LogP contribution is 2.58. The lowest BCUT2D eigenvalue weighted by Gasteiger charge is -2.51. The Morgan fingerprint density at radius 1 is 0.537 bits per heavy atom. The Balaban J connectivity index is 1.64. The summed E-state index contributed by atoms with van der Waals surface area (Å²) in [6.45, 7) is 0. The minimum absolute atomic E-state index is 0.0192. The van der Waals surface area contributed by atoms with E-state index in [1.165, 1.54) is 0 Å². The molecule has 1 aliphatic carbocycles. The molecule has 3 nitrogen and oxygen atoms in total. The molecule has 1 fully saturated rings. The topological polar surface area (TPSA) is 54.4 Å². The van der Waals surface area contributed by atoms with Crippen LogP contribution in [0, 0.1) is 11.8 Å². The fourth-order valence-electron chi connectivity index (χ4n) is 6.77. The van der Waals surface area contributed by atoms with Crippen molar-refractivity contribution in [2.24, 2.45) is 11.8 Å². The fraction of sp³-hybridized carbons (Fsp3) is 0.158. The summed E-state index contributed by atoms with van der Waals surface area (Å²) in [6.07, 6.45) is 0.233. The third kappa shape index (κ3) is 5.05. The molecule has 5 aromatic rings. The quantitative estimate of drug-likeness (QED) is 0.216. The zero-order chi connectivity index (χ0) is 28.2. The second-order valence-corrected chi connectivity index (χ2v) is 10.9. The zero-order valence-electron chi connectivity index (χ0n) is 22.7. The molecular weight excluding hydrogens is 504 g/mol. The molecule has 1 aliphatic rings. The molecule has 0 aromatic heterocycles. The predicted octanol–water partition coefficient (Wildman–Crippen LogP) is 7.84. The highest BCUT2D eigenvalue weighted by Gasteiger charge is 2.58. The van der Waals surface area contributed by atoms with Gasteiger partial charge in [-0.25, -0.2) is 0 Å². The second kappa shape index (κ2) is 11.5. The molecule has 0 aliphatic heterocycles. The monoisotopic (exact) mass is 536 g/mol. The Kier molecular flexibility index (Phi) is 7.45. The highest BCUT2D eigenvalue weighted by atomic mass is 16.3. The van der Waals surface area contributed by atoms with Crippen LogP contribution in [0.1, 0.15) is 55.7 Å². The Hall–Kier alpha value is -4.60. The summed E-state index contributed by atoms with van der Waals surface area (Å²) in [5, 5.41) is 12.9. The van der Waals surface area contributed by atoms with Crippen LogP contribution >= 0.6 is 0 Å². The maximum atomic E-state index is 14.6. The third-order valence-electron chi connectivity index (χ3n) is 8.61. The molecule has 0 radical (unpaired) electrons. The summed E-state index contributed by atoms with van der Waals surface area (Å²) < 4.78 is 0. The van der Waals surface area contributed by atoms with Gasteiger partial charge in [0.05, 0.1) is 5.92 Å². The second-order valence-electron chi connectivity index (χ2n) is 10.9. The van der Waals surface area contributed by atoms with Crippen LogP contribution in [0.15, 0.2) is 152 Å². The molecule has 0 spiro atoms. The van der Waals surface area contributed by atoms with Crippen LogP contribution in [0.4, 0.5) is 0 Å². The molecule has 0 bridgehead atoms. The molecular formula is C38H32O3. The summed E-state index contributed by atoms with van der Waals surface area (Å²) in [5.41, 5.74) is 2.13. The van der Waals surface area contributed by atoms with E-state index in [9.17, 15) is 14.7 Å². The first kappa shape index (κ1) is 26.6. The van der Waals surface area contributed by atoms with Gasteiger partial charge in [0, 0.05) is 23.0 Å². The minimum atomic E-state index is -1.53. The molecule has 41 heavy (non-hydrogen) atoms. The van der Waals surface area contributed by atoms with E-state index in [0.29, 0.717) is 16.7 Å². The molecule has 6 rings (SSSR count). The number of ketones is 2. The SMILES string of the molecule is O=C(c1ccccc1)[C@H]1[C@H](c2ccccc2)[C@@H](C(=O)c2ccccc2)[C@](O)(c2ccccc2)C[C@@H]1c1ccccc1. The molecule has 3 heteroatoms. The number of aliphatic hydroxyl groups is 1. The van der Waals surface area contributed by atoms with E-state index in [1.807, 2.05) is 140 Å². The Morgan fingerprint density at radius 2 is 0.951 bits per heavy atom. The van der Waals surface area contributed by atoms with Crippen molar-refractivity contribution >= 4 is 11.6 Å². The maximum absolute atomic E-state index is 14.6. The standard InChI is InChI=1S/C38H32O3/c39-36(29-20-10-3-11-21-29)34-32(27-16-6-1-7-17-27)26-38(41,31-24-14-5-15-25-31)35(33(34)28-18-8-2-9-19-28)37(40)30-22-12-4-13-23-30/h1-25,32-35,41H,26H2/t32-,33+,34-,35+,38-/m1/s1. The number of hydrogen-bond acceptors (Lipinski definition) is 3. The summed E-state index contributed by atoms with van der Waals surface area (Å²) in [6, 6.07) is 47.8. The number of benzene rings is 5. The van der Waals surface area contributed by atoms with Gasteiger partial charge in [0.1, 0.15) is 5.60 Å². The van der Waals surface area contributed by atoms with Gasteiger partial charge in [-0.15, -0.1) is 0 Å². The van der Waals surface area contributed by atoms with Gasteiger partial charge in [0.15, 0.2) is 11.6 Å². The van der Waals surface area contributed by atoms with Gasteiger partial charge in [-0.05, 0) is 29.0 Å². The number of Topliss-reactive ketones (excluding diaryl/α,β-unsaturated/α-hetero) is 2. The van der Waals surface area contributed by atoms with Crippen LogP contribution in [0.2, 0.25) is 0 Å². The zero-order valence-corrected chi connectivity index (χ0v) is 22.7. The van der Waals surface area contributed by atoms with E-state index < -0.39 is 23.4 Å². The van der Waals surface area contributed by atoms with E-state index in [2.05, 4.69) is 0 Å². The number of carbonyl (C=O) groups excluding carboxylic acids is 2. The summed E-state index contributed by atoms with van der Waals surface area (Å²) >= 11 is 0. The smallest absolute Gasteiger partial charge is 0.169 e. The Labute approximate surface area is 241 Å². The largest absolute Gasteiger partial charge is 0.384 e. The highest BCUT2D eigenvalue weighted by molar-refractivity contribution is 6.03. The summed E-state index contributed by atoms with van der Waals surface area (Å²) in [5.74, 6) is -2.58. The number of hydrogen-bond donors (Lipinski definition) is 1. The van der Waals surface area contributed by atoms with Gasteiger partial charge in [-0.3, -0.25) is 9.59 Å². The average molecular weight is 537 g/mol. The number of carbonyl (C=O) groups is 2. The van der Waals surface area contributed by atoms with Crippen molar-refractivity contribution in [1.82, 2.24) is 0 Å². The maximum Gasteiger partial charge on any atom is 0.169 e. The van der Waals surface area contributed by atoms with Crippen molar-refractivity contribution in [3.63, 3.8) is 0 Å².